The molecule has 0 saturated carbocycles. The van der Waals surface area contributed by atoms with Crippen LogP contribution in [0.15, 0.2) is 36.5 Å². The zero-order chi connectivity index (χ0) is 17.7. The molecule has 0 bridgehead atoms. The largest absolute Gasteiger partial charge is 0.349 e. The van der Waals surface area contributed by atoms with Gasteiger partial charge in [-0.05, 0) is 36.6 Å². The van der Waals surface area contributed by atoms with E-state index in [4.69, 9.17) is 23.2 Å². The highest BCUT2D eigenvalue weighted by molar-refractivity contribution is 6.35. The minimum atomic E-state index is -2.09. The predicted octanol–water partition coefficient (Wildman–Crippen LogP) is 3.46. The predicted molar refractivity (Wildman–Crippen MR) is 94.2 cm³/mol. The zero-order valence-corrected chi connectivity index (χ0v) is 14.8. The van der Waals surface area contributed by atoms with Crippen molar-refractivity contribution in [2.45, 2.75) is 30.6 Å². The van der Waals surface area contributed by atoms with Crippen LogP contribution in [0, 0.1) is 0 Å². The van der Waals surface area contributed by atoms with Crippen molar-refractivity contribution in [3.05, 3.63) is 63.4 Å². The minimum Gasteiger partial charge on any atom is -0.349 e. The maximum atomic E-state index is 15.7. The van der Waals surface area contributed by atoms with Gasteiger partial charge in [-0.2, -0.15) is 0 Å². The highest BCUT2D eigenvalue weighted by Gasteiger charge is 2.57. The van der Waals surface area contributed by atoms with Crippen LogP contribution in [-0.4, -0.2) is 17.4 Å². The molecule has 25 heavy (non-hydrogen) atoms. The van der Waals surface area contributed by atoms with Gasteiger partial charge in [-0.15, -0.1) is 0 Å². The van der Waals surface area contributed by atoms with Gasteiger partial charge in [0.05, 0.1) is 11.2 Å². The van der Waals surface area contributed by atoms with Crippen LogP contribution in [0.25, 0.3) is 0 Å². The number of hydrogen-bond acceptors (Lipinski definition) is 3. The van der Waals surface area contributed by atoms with Crippen molar-refractivity contribution in [3.8, 4) is 0 Å². The number of nitrogens with one attached hydrogen (secondary N) is 2. The molecule has 1 aromatic carbocycles. The average Bonchev–Trinajstić information content (AvgIpc) is 3.39. The SMILES string of the molecule is O=C(NCc1ccc(Cl)cc1Cl)[C@]1(F)CC[C@]2(CN2)c2ncccc21. The number of rotatable bonds is 3. The average molecular weight is 380 g/mol. The molecule has 1 aromatic heterocycles. The highest BCUT2D eigenvalue weighted by atomic mass is 35.5. The normalized spacial score (nSPS) is 27.0. The molecule has 7 heteroatoms. The first-order chi connectivity index (χ1) is 11.9. The number of alkyl halides is 1. The second-order valence-electron chi connectivity index (χ2n) is 6.55. The molecule has 0 radical (unpaired) electrons. The second-order valence-corrected chi connectivity index (χ2v) is 7.40. The van der Waals surface area contributed by atoms with Crippen LogP contribution in [-0.2, 0) is 22.5 Å². The van der Waals surface area contributed by atoms with E-state index >= 15 is 4.39 Å². The highest BCUT2D eigenvalue weighted by Crippen LogP contribution is 2.49. The van der Waals surface area contributed by atoms with E-state index in [9.17, 15) is 4.79 Å². The fraction of sp³-hybridized carbons (Fsp3) is 0.333. The summed E-state index contributed by atoms with van der Waals surface area (Å²) in [7, 11) is 0. The smallest absolute Gasteiger partial charge is 0.262 e. The summed E-state index contributed by atoms with van der Waals surface area (Å²) >= 11 is 12.0. The van der Waals surface area contributed by atoms with Gasteiger partial charge in [-0.3, -0.25) is 9.78 Å². The fourth-order valence-electron chi connectivity index (χ4n) is 3.41. The van der Waals surface area contributed by atoms with Crippen LogP contribution in [0.5, 0.6) is 0 Å². The summed E-state index contributed by atoms with van der Waals surface area (Å²) in [6.07, 6.45) is 2.30. The first-order valence-electron chi connectivity index (χ1n) is 8.07. The molecule has 4 rings (SSSR count). The molecule has 2 aromatic rings. The van der Waals surface area contributed by atoms with Crippen molar-refractivity contribution in [2.75, 3.05) is 6.54 Å². The van der Waals surface area contributed by atoms with E-state index in [1.807, 2.05) is 0 Å². The molecule has 1 fully saturated rings. The quantitative estimate of drug-likeness (QED) is 0.802. The Morgan fingerprint density at radius 1 is 1.32 bits per heavy atom. The summed E-state index contributed by atoms with van der Waals surface area (Å²) in [4.78, 5) is 17.0. The number of pyridine rings is 1. The van der Waals surface area contributed by atoms with Crippen molar-refractivity contribution in [1.29, 1.82) is 0 Å². The summed E-state index contributed by atoms with van der Waals surface area (Å²) in [5, 5.41) is 6.88. The fourth-order valence-corrected chi connectivity index (χ4v) is 3.89. The Labute approximate surface area is 154 Å². The van der Waals surface area contributed by atoms with Gasteiger partial charge >= 0.3 is 0 Å². The first kappa shape index (κ1) is 16.8. The van der Waals surface area contributed by atoms with Gasteiger partial charge in [0.25, 0.3) is 5.91 Å². The van der Waals surface area contributed by atoms with E-state index in [-0.39, 0.29) is 18.5 Å². The van der Waals surface area contributed by atoms with E-state index in [2.05, 4.69) is 15.6 Å². The Balaban J connectivity index is 1.57. The topological polar surface area (TPSA) is 63.9 Å². The van der Waals surface area contributed by atoms with Gasteiger partial charge in [-0.1, -0.05) is 35.3 Å². The number of hydrogen-bond donors (Lipinski definition) is 2. The van der Waals surface area contributed by atoms with Crippen LogP contribution < -0.4 is 10.6 Å². The van der Waals surface area contributed by atoms with Gasteiger partial charge in [0, 0.05) is 34.9 Å². The Bertz CT molecular complexity index is 856. The Morgan fingerprint density at radius 3 is 2.84 bits per heavy atom. The van der Waals surface area contributed by atoms with Crippen molar-refractivity contribution in [3.63, 3.8) is 0 Å². The van der Waals surface area contributed by atoms with E-state index in [0.717, 1.165) is 6.54 Å². The lowest BCUT2D eigenvalue weighted by molar-refractivity contribution is -0.135. The molecular formula is C18H16Cl2FN3O. The molecule has 2 atom stereocenters. The number of halogens is 3. The molecule has 2 heterocycles. The molecule has 1 spiro atoms. The number of fused-ring (bicyclic) bond motifs is 2. The van der Waals surface area contributed by atoms with Gasteiger partial charge in [0.2, 0.25) is 5.67 Å². The summed E-state index contributed by atoms with van der Waals surface area (Å²) in [6, 6.07) is 8.31. The van der Waals surface area contributed by atoms with Crippen LogP contribution in [0.4, 0.5) is 4.39 Å². The molecule has 1 aliphatic heterocycles. The number of carbonyl (C=O) groups excluding carboxylic acids is 1. The van der Waals surface area contributed by atoms with Gasteiger partial charge < -0.3 is 10.6 Å². The van der Waals surface area contributed by atoms with Crippen molar-refractivity contribution in [1.82, 2.24) is 15.6 Å². The molecule has 2 aliphatic rings. The van der Waals surface area contributed by atoms with E-state index in [0.29, 0.717) is 33.3 Å². The van der Waals surface area contributed by atoms with Crippen molar-refractivity contribution >= 4 is 29.1 Å². The number of amides is 1. The molecule has 1 aliphatic carbocycles. The zero-order valence-electron chi connectivity index (χ0n) is 13.3. The Kier molecular flexibility index (Phi) is 3.98. The maximum absolute atomic E-state index is 15.7. The lowest BCUT2D eigenvalue weighted by Crippen LogP contribution is -2.45. The van der Waals surface area contributed by atoms with Crippen molar-refractivity contribution < 1.29 is 9.18 Å². The van der Waals surface area contributed by atoms with Gasteiger partial charge in [0.15, 0.2) is 0 Å². The van der Waals surface area contributed by atoms with E-state index < -0.39 is 11.6 Å². The number of carbonyl (C=O) groups is 1. The summed E-state index contributed by atoms with van der Waals surface area (Å²) in [6.45, 7) is 0.911. The second kappa shape index (κ2) is 5.94. The van der Waals surface area contributed by atoms with E-state index in [1.165, 1.54) is 0 Å². The monoisotopic (exact) mass is 379 g/mol. The molecule has 0 unspecified atom stereocenters. The molecule has 1 saturated heterocycles. The lowest BCUT2D eigenvalue weighted by Gasteiger charge is -2.34. The number of aromatic nitrogens is 1. The Morgan fingerprint density at radius 2 is 2.12 bits per heavy atom. The van der Waals surface area contributed by atoms with Crippen LogP contribution in [0.2, 0.25) is 10.0 Å². The van der Waals surface area contributed by atoms with Crippen molar-refractivity contribution in [2.24, 2.45) is 0 Å². The van der Waals surface area contributed by atoms with Gasteiger partial charge in [0.1, 0.15) is 0 Å². The molecule has 4 nitrogen and oxygen atoms in total. The maximum Gasteiger partial charge on any atom is 0.262 e. The number of benzene rings is 1. The molecule has 2 N–H and O–H groups in total. The standard InChI is InChI=1S/C18H16Cl2FN3O/c19-12-4-3-11(14(20)8-12)9-23-16(25)18(21)6-5-17(10-24-17)15-13(18)2-1-7-22-15/h1-4,7-8,24H,5-6,9-10H2,(H,23,25)/t17-,18-/m0/s1. The lowest BCUT2D eigenvalue weighted by atomic mass is 9.76. The third-order valence-corrected chi connectivity index (χ3v) is 5.59. The van der Waals surface area contributed by atoms with Crippen LogP contribution in [0.1, 0.15) is 29.7 Å². The van der Waals surface area contributed by atoms with Crippen LogP contribution in [0.3, 0.4) is 0 Å². The van der Waals surface area contributed by atoms with Gasteiger partial charge in [-0.25, -0.2) is 4.39 Å². The third kappa shape index (κ3) is 2.80. The summed E-state index contributed by atoms with van der Waals surface area (Å²) in [5.74, 6) is -0.664. The molecule has 1 amide bonds. The first-order valence-corrected chi connectivity index (χ1v) is 8.82. The minimum absolute atomic E-state index is 0.124. The summed E-state index contributed by atoms with van der Waals surface area (Å²) in [5.41, 5.74) is -0.663. The molecule has 130 valence electrons. The Hall–Kier alpha value is -1.69. The summed E-state index contributed by atoms with van der Waals surface area (Å²) < 4.78 is 15.7. The van der Waals surface area contributed by atoms with E-state index in [1.54, 1.807) is 36.5 Å². The molecular weight excluding hydrogens is 364 g/mol. The number of nitrogens with zero attached hydrogens (tertiary/aromatic N) is 1. The third-order valence-electron chi connectivity index (χ3n) is 5.00. The van der Waals surface area contributed by atoms with Crippen LogP contribution >= 0.6 is 23.2 Å².